The van der Waals surface area contributed by atoms with E-state index in [2.05, 4.69) is 181 Å². The van der Waals surface area contributed by atoms with E-state index in [0.717, 1.165) is 17.1 Å². The second-order valence-electron chi connectivity index (χ2n) is 12.6. The van der Waals surface area contributed by atoms with Crippen molar-refractivity contribution in [2.45, 2.75) is 0 Å². The summed E-state index contributed by atoms with van der Waals surface area (Å²) in [5.41, 5.74) is 8.27. The highest BCUT2D eigenvalue weighted by atomic mass is 32.1. The minimum Gasteiger partial charge on any atom is -0.310 e. The van der Waals surface area contributed by atoms with E-state index in [0.29, 0.717) is 0 Å². The lowest BCUT2D eigenvalue weighted by Crippen LogP contribution is -2.10. The van der Waals surface area contributed by atoms with Crippen LogP contribution in [0.15, 0.2) is 176 Å². The Labute approximate surface area is 292 Å². The van der Waals surface area contributed by atoms with Crippen molar-refractivity contribution < 1.29 is 0 Å². The maximum atomic E-state index is 2.42. The molecule has 0 unspecified atom stereocenters. The highest BCUT2D eigenvalue weighted by molar-refractivity contribution is 7.26. The van der Waals surface area contributed by atoms with Crippen molar-refractivity contribution in [3.8, 4) is 22.3 Å². The molecular formula is C46H29NS2. The molecule has 0 N–H and O–H groups in total. The van der Waals surface area contributed by atoms with Gasteiger partial charge >= 0.3 is 0 Å². The lowest BCUT2D eigenvalue weighted by molar-refractivity contribution is 1.29. The van der Waals surface area contributed by atoms with E-state index in [1.807, 2.05) is 22.7 Å². The summed E-state index contributed by atoms with van der Waals surface area (Å²) in [5.74, 6) is 0. The molecule has 0 spiro atoms. The molecule has 10 rings (SSSR count). The molecule has 10 aromatic rings. The van der Waals surface area contributed by atoms with Gasteiger partial charge in [-0.2, -0.15) is 0 Å². The quantitative estimate of drug-likeness (QED) is 0.178. The average molecular weight is 660 g/mol. The molecule has 49 heavy (non-hydrogen) atoms. The number of anilines is 3. The van der Waals surface area contributed by atoms with Gasteiger partial charge in [0.15, 0.2) is 0 Å². The number of nitrogens with zero attached hydrogens (tertiary/aromatic N) is 1. The first-order valence-corrected chi connectivity index (χ1v) is 18.2. The first-order valence-electron chi connectivity index (χ1n) is 16.6. The van der Waals surface area contributed by atoms with Crippen LogP contribution < -0.4 is 4.90 Å². The Morgan fingerprint density at radius 2 is 0.857 bits per heavy atom. The third kappa shape index (κ3) is 4.82. The summed E-state index contributed by atoms with van der Waals surface area (Å²) < 4.78 is 5.26. The van der Waals surface area contributed by atoms with Gasteiger partial charge in [0.2, 0.25) is 0 Å². The molecule has 0 aliphatic heterocycles. The Bertz CT molecular complexity index is 2850. The zero-order valence-electron chi connectivity index (χ0n) is 26.5. The largest absolute Gasteiger partial charge is 0.310 e. The summed E-state index contributed by atoms with van der Waals surface area (Å²) in [6.07, 6.45) is 0. The normalized spacial score (nSPS) is 11.7. The van der Waals surface area contributed by atoms with Gasteiger partial charge in [0, 0.05) is 57.4 Å². The smallest absolute Gasteiger partial charge is 0.0476 e. The van der Waals surface area contributed by atoms with Gasteiger partial charge in [-0.1, -0.05) is 115 Å². The zero-order valence-corrected chi connectivity index (χ0v) is 28.1. The van der Waals surface area contributed by atoms with Crippen LogP contribution in [0.2, 0.25) is 0 Å². The Balaban J connectivity index is 1.15. The van der Waals surface area contributed by atoms with Gasteiger partial charge in [-0.3, -0.25) is 0 Å². The van der Waals surface area contributed by atoms with E-state index in [-0.39, 0.29) is 0 Å². The van der Waals surface area contributed by atoms with Crippen LogP contribution in [0.5, 0.6) is 0 Å². The fourth-order valence-electron chi connectivity index (χ4n) is 7.32. The van der Waals surface area contributed by atoms with Crippen LogP contribution in [-0.2, 0) is 0 Å². The molecule has 0 aliphatic rings. The highest BCUT2D eigenvalue weighted by Gasteiger charge is 2.17. The van der Waals surface area contributed by atoms with Gasteiger partial charge in [0.05, 0.1) is 0 Å². The van der Waals surface area contributed by atoms with Crippen molar-refractivity contribution in [2.75, 3.05) is 4.90 Å². The third-order valence-electron chi connectivity index (χ3n) is 9.64. The van der Waals surface area contributed by atoms with Gasteiger partial charge < -0.3 is 4.90 Å². The minimum absolute atomic E-state index is 1.13. The van der Waals surface area contributed by atoms with Crippen LogP contribution in [0, 0.1) is 0 Å². The third-order valence-corrected chi connectivity index (χ3v) is 11.9. The first kappa shape index (κ1) is 28.3. The number of benzene rings is 8. The number of fused-ring (bicyclic) bond motifs is 7. The van der Waals surface area contributed by atoms with Crippen molar-refractivity contribution in [3.05, 3.63) is 176 Å². The highest BCUT2D eigenvalue weighted by Crippen LogP contribution is 2.43. The molecule has 0 amide bonds. The molecule has 1 nitrogen and oxygen atoms in total. The topological polar surface area (TPSA) is 3.24 Å². The molecule has 0 radical (unpaired) electrons. The summed E-state index contributed by atoms with van der Waals surface area (Å²) in [4.78, 5) is 2.42. The van der Waals surface area contributed by atoms with Crippen molar-refractivity contribution in [3.63, 3.8) is 0 Å². The average Bonchev–Trinajstić information content (AvgIpc) is 3.73. The van der Waals surface area contributed by atoms with Crippen LogP contribution >= 0.6 is 22.7 Å². The predicted molar refractivity (Wildman–Crippen MR) is 215 cm³/mol. The van der Waals surface area contributed by atoms with E-state index in [4.69, 9.17) is 0 Å². The zero-order chi connectivity index (χ0) is 32.3. The molecule has 3 heteroatoms. The summed E-state index contributed by atoms with van der Waals surface area (Å²) in [6.45, 7) is 0. The Kier molecular flexibility index (Phi) is 6.61. The Morgan fingerprint density at radius 3 is 1.67 bits per heavy atom. The van der Waals surface area contributed by atoms with E-state index in [1.54, 1.807) is 0 Å². The number of thiophene rings is 2. The predicted octanol–water partition coefficient (Wildman–Crippen LogP) is 14.4. The first-order chi connectivity index (χ1) is 24.3. The van der Waals surface area contributed by atoms with Gasteiger partial charge in [-0.15, -0.1) is 22.7 Å². The lowest BCUT2D eigenvalue weighted by atomic mass is 9.97. The molecule has 0 saturated carbocycles. The number of hydrogen-bond donors (Lipinski definition) is 0. The SMILES string of the molecule is c1cc(-c2ccc3sc4ccccc4c3c2)cc(N(c2cccc(-c3cccc4ccccc34)c2)c2ccc3c(c2)sc2ccccc23)c1. The van der Waals surface area contributed by atoms with Crippen LogP contribution in [0.1, 0.15) is 0 Å². The molecule has 230 valence electrons. The maximum absolute atomic E-state index is 2.42. The molecule has 0 aliphatic carbocycles. The minimum atomic E-state index is 1.13. The molecule has 2 aromatic heterocycles. The monoisotopic (exact) mass is 659 g/mol. The molecule has 8 aromatic carbocycles. The summed E-state index contributed by atoms with van der Waals surface area (Å²) in [6, 6.07) is 64.6. The Morgan fingerprint density at radius 1 is 0.306 bits per heavy atom. The molecule has 0 atom stereocenters. The van der Waals surface area contributed by atoms with Crippen molar-refractivity contribution >= 4 is 90.9 Å². The van der Waals surface area contributed by atoms with Crippen molar-refractivity contribution in [1.29, 1.82) is 0 Å². The standard InChI is InChI=1S/C46H29NS2/c1-2-16-37-30(10-1)11-9-19-38(37)33-13-8-15-35(27-33)47(36-23-24-41-39-17-3-5-20-43(39)49-46(41)29-36)34-14-7-12-31(26-34)32-22-25-45-42(28-32)40-18-4-6-21-44(40)48-45/h1-29H. The van der Waals surface area contributed by atoms with Crippen LogP contribution in [-0.4, -0.2) is 0 Å². The fourth-order valence-corrected chi connectivity index (χ4v) is 9.55. The van der Waals surface area contributed by atoms with Crippen molar-refractivity contribution in [1.82, 2.24) is 0 Å². The Hall–Kier alpha value is -5.74. The summed E-state index contributed by atoms with van der Waals surface area (Å²) in [7, 11) is 0. The van der Waals surface area contributed by atoms with Crippen LogP contribution in [0.25, 0.3) is 73.4 Å². The van der Waals surface area contributed by atoms with Gasteiger partial charge in [0.25, 0.3) is 0 Å². The second kappa shape index (κ2) is 11.5. The van der Waals surface area contributed by atoms with E-state index >= 15 is 0 Å². The summed E-state index contributed by atoms with van der Waals surface area (Å²) >= 11 is 3.73. The van der Waals surface area contributed by atoms with Gasteiger partial charge in [-0.05, 0) is 93.7 Å². The van der Waals surface area contributed by atoms with E-state index in [1.165, 1.54) is 73.4 Å². The van der Waals surface area contributed by atoms with Gasteiger partial charge in [-0.25, -0.2) is 0 Å². The van der Waals surface area contributed by atoms with Crippen LogP contribution in [0.3, 0.4) is 0 Å². The molecule has 0 fully saturated rings. The maximum Gasteiger partial charge on any atom is 0.0476 e. The van der Waals surface area contributed by atoms with E-state index < -0.39 is 0 Å². The number of hydrogen-bond acceptors (Lipinski definition) is 3. The molecule has 0 saturated heterocycles. The van der Waals surface area contributed by atoms with Gasteiger partial charge in [0.1, 0.15) is 0 Å². The molecule has 0 bridgehead atoms. The van der Waals surface area contributed by atoms with Crippen LogP contribution in [0.4, 0.5) is 17.1 Å². The fraction of sp³-hybridized carbons (Fsp3) is 0. The molecule has 2 heterocycles. The molecular weight excluding hydrogens is 631 g/mol. The second-order valence-corrected chi connectivity index (χ2v) is 14.7. The summed E-state index contributed by atoms with van der Waals surface area (Å²) in [5, 5.41) is 7.78. The lowest BCUT2D eigenvalue weighted by Gasteiger charge is -2.27. The number of rotatable bonds is 5. The van der Waals surface area contributed by atoms with E-state index in [9.17, 15) is 0 Å². The van der Waals surface area contributed by atoms with Crippen molar-refractivity contribution in [2.24, 2.45) is 0 Å².